The van der Waals surface area contributed by atoms with Gasteiger partial charge in [0.15, 0.2) is 0 Å². The number of alkyl halides is 1. The number of aromatic nitrogens is 1. The number of carbonyl (C=O) groups excluding carboxylic acids is 1. The first-order valence-corrected chi connectivity index (χ1v) is 7.09. The van der Waals surface area contributed by atoms with E-state index in [-0.39, 0.29) is 17.5 Å². The van der Waals surface area contributed by atoms with Crippen LogP contribution in [0.3, 0.4) is 0 Å². The predicted octanol–water partition coefficient (Wildman–Crippen LogP) is 3.30. The number of hydrogen-bond acceptors (Lipinski definition) is 3. The maximum absolute atomic E-state index is 12.5. The van der Waals surface area contributed by atoms with Gasteiger partial charge in [-0.3, -0.25) is 9.78 Å². The van der Waals surface area contributed by atoms with Crippen molar-refractivity contribution in [3.8, 4) is 0 Å². The summed E-state index contributed by atoms with van der Waals surface area (Å²) in [6.45, 7) is 0. The predicted molar refractivity (Wildman–Crippen MR) is 83.8 cm³/mol. The van der Waals surface area contributed by atoms with E-state index < -0.39 is 0 Å². The summed E-state index contributed by atoms with van der Waals surface area (Å²) in [4.78, 5) is 20.7. The van der Waals surface area contributed by atoms with Crippen molar-refractivity contribution >= 4 is 44.8 Å². The molecule has 0 fully saturated rings. The summed E-state index contributed by atoms with van der Waals surface area (Å²) in [5.74, 6) is 0.143. The second-order valence-electron chi connectivity index (χ2n) is 3.94. The summed E-state index contributed by atoms with van der Waals surface area (Å²) in [6, 6.07) is 10.4. The molecule has 20 heavy (non-hydrogen) atoms. The molecule has 1 aromatic carbocycles. The van der Waals surface area contributed by atoms with E-state index in [0.29, 0.717) is 16.9 Å². The van der Waals surface area contributed by atoms with Gasteiger partial charge in [0.1, 0.15) is 11.5 Å². The lowest BCUT2D eigenvalue weighted by Crippen LogP contribution is -2.13. The SMILES string of the molecule is NC(CCl)=Nc1ccc(Br)cc1C(=O)c1ccccn1. The Morgan fingerprint density at radius 3 is 2.80 bits per heavy atom. The Kier molecular flexibility index (Phi) is 4.87. The average Bonchev–Trinajstić information content (AvgIpc) is 2.49. The van der Waals surface area contributed by atoms with Gasteiger partial charge in [-0.1, -0.05) is 22.0 Å². The topological polar surface area (TPSA) is 68.3 Å². The molecule has 0 atom stereocenters. The van der Waals surface area contributed by atoms with Gasteiger partial charge in [-0.05, 0) is 30.3 Å². The number of ketones is 1. The molecular weight excluding hydrogens is 342 g/mol. The molecule has 0 spiro atoms. The van der Waals surface area contributed by atoms with E-state index >= 15 is 0 Å². The minimum Gasteiger partial charge on any atom is -0.386 e. The quantitative estimate of drug-likeness (QED) is 0.397. The zero-order chi connectivity index (χ0) is 14.5. The Bertz CT molecular complexity index is 659. The van der Waals surface area contributed by atoms with E-state index in [4.69, 9.17) is 17.3 Å². The molecule has 0 unspecified atom stereocenters. The van der Waals surface area contributed by atoms with E-state index in [0.717, 1.165) is 4.47 Å². The summed E-state index contributed by atoms with van der Waals surface area (Å²) in [6.07, 6.45) is 1.57. The van der Waals surface area contributed by atoms with E-state index in [2.05, 4.69) is 25.9 Å². The standard InChI is InChI=1S/C14H11BrClN3O/c15-9-4-5-11(19-13(17)8-16)10(7-9)14(20)12-3-1-2-6-18-12/h1-7H,8H2,(H2,17,19). The highest BCUT2D eigenvalue weighted by atomic mass is 79.9. The molecule has 0 aliphatic carbocycles. The van der Waals surface area contributed by atoms with Crippen molar-refractivity contribution in [3.63, 3.8) is 0 Å². The summed E-state index contributed by atoms with van der Waals surface area (Å²) < 4.78 is 0.778. The van der Waals surface area contributed by atoms with Gasteiger partial charge in [0, 0.05) is 10.7 Å². The maximum Gasteiger partial charge on any atom is 0.213 e. The highest BCUT2D eigenvalue weighted by Gasteiger charge is 2.15. The maximum atomic E-state index is 12.5. The number of hydrogen-bond donors (Lipinski definition) is 1. The van der Waals surface area contributed by atoms with Crippen molar-refractivity contribution in [1.29, 1.82) is 0 Å². The number of halogens is 2. The first-order valence-electron chi connectivity index (χ1n) is 5.76. The van der Waals surface area contributed by atoms with Crippen LogP contribution < -0.4 is 5.73 Å². The van der Waals surface area contributed by atoms with Crippen molar-refractivity contribution in [1.82, 2.24) is 4.98 Å². The molecule has 6 heteroatoms. The molecule has 102 valence electrons. The number of amidine groups is 1. The fraction of sp³-hybridized carbons (Fsp3) is 0.0714. The number of rotatable bonds is 4. The van der Waals surface area contributed by atoms with Crippen LogP contribution in [-0.4, -0.2) is 22.5 Å². The first-order chi connectivity index (χ1) is 9.61. The minimum absolute atomic E-state index is 0.104. The molecule has 0 bridgehead atoms. The Labute approximate surface area is 129 Å². The molecule has 0 radical (unpaired) electrons. The Morgan fingerprint density at radius 2 is 2.15 bits per heavy atom. The molecular formula is C14H11BrClN3O. The molecule has 2 N–H and O–H groups in total. The largest absolute Gasteiger partial charge is 0.386 e. The monoisotopic (exact) mass is 351 g/mol. The highest BCUT2D eigenvalue weighted by Crippen LogP contribution is 2.25. The molecule has 2 aromatic rings. The van der Waals surface area contributed by atoms with Gasteiger partial charge in [-0.25, -0.2) is 4.99 Å². The van der Waals surface area contributed by atoms with Gasteiger partial charge >= 0.3 is 0 Å². The number of carbonyl (C=O) groups is 1. The third-order valence-electron chi connectivity index (χ3n) is 2.50. The van der Waals surface area contributed by atoms with Gasteiger partial charge in [-0.2, -0.15) is 0 Å². The number of pyridine rings is 1. The van der Waals surface area contributed by atoms with E-state index in [1.807, 2.05) is 0 Å². The summed E-state index contributed by atoms with van der Waals surface area (Å²) >= 11 is 8.96. The van der Waals surface area contributed by atoms with Crippen molar-refractivity contribution in [3.05, 3.63) is 58.3 Å². The Morgan fingerprint density at radius 1 is 1.35 bits per heavy atom. The fourth-order valence-electron chi connectivity index (χ4n) is 1.61. The normalized spacial score (nSPS) is 11.4. The second-order valence-corrected chi connectivity index (χ2v) is 5.13. The summed E-state index contributed by atoms with van der Waals surface area (Å²) in [5.41, 5.74) is 6.88. The number of aliphatic imine (C=N–C) groups is 1. The Hall–Kier alpha value is -1.72. The van der Waals surface area contributed by atoms with Crippen LogP contribution in [0.25, 0.3) is 0 Å². The van der Waals surface area contributed by atoms with Gasteiger partial charge in [-0.15, -0.1) is 11.6 Å². The third-order valence-corrected chi connectivity index (χ3v) is 3.27. The number of benzene rings is 1. The molecule has 1 aromatic heterocycles. The van der Waals surface area contributed by atoms with Crippen LogP contribution in [-0.2, 0) is 0 Å². The lowest BCUT2D eigenvalue weighted by molar-refractivity contribution is 0.103. The molecule has 0 saturated carbocycles. The van der Waals surface area contributed by atoms with E-state index in [1.54, 1.807) is 42.6 Å². The van der Waals surface area contributed by atoms with Crippen LogP contribution in [0.2, 0.25) is 0 Å². The molecule has 4 nitrogen and oxygen atoms in total. The third kappa shape index (κ3) is 3.43. The van der Waals surface area contributed by atoms with Crippen LogP contribution in [0.1, 0.15) is 16.1 Å². The minimum atomic E-state index is -0.215. The lowest BCUT2D eigenvalue weighted by Gasteiger charge is -2.06. The average molecular weight is 353 g/mol. The summed E-state index contributed by atoms with van der Waals surface area (Å²) in [7, 11) is 0. The highest BCUT2D eigenvalue weighted by molar-refractivity contribution is 9.10. The van der Waals surface area contributed by atoms with Gasteiger partial charge in [0.2, 0.25) is 5.78 Å². The van der Waals surface area contributed by atoms with E-state index in [9.17, 15) is 4.79 Å². The summed E-state index contributed by atoms with van der Waals surface area (Å²) in [5, 5.41) is 0. The van der Waals surface area contributed by atoms with E-state index in [1.165, 1.54) is 0 Å². The van der Waals surface area contributed by atoms with Crippen molar-refractivity contribution in [2.24, 2.45) is 10.7 Å². The van der Waals surface area contributed by atoms with Crippen LogP contribution in [0.5, 0.6) is 0 Å². The molecule has 1 heterocycles. The molecule has 0 aliphatic rings. The Balaban J connectivity index is 2.50. The molecule has 2 rings (SSSR count). The van der Waals surface area contributed by atoms with Gasteiger partial charge < -0.3 is 5.73 Å². The van der Waals surface area contributed by atoms with Crippen LogP contribution in [0, 0.1) is 0 Å². The second kappa shape index (κ2) is 6.63. The number of nitrogens with zero attached hydrogens (tertiary/aromatic N) is 2. The van der Waals surface area contributed by atoms with Crippen LogP contribution >= 0.6 is 27.5 Å². The zero-order valence-corrected chi connectivity index (χ0v) is 12.7. The fourth-order valence-corrected chi connectivity index (χ4v) is 2.03. The smallest absolute Gasteiger partial charge is 0.213 e. The molecule has 0 amide bonds. The van der Waals surface area contributed by atoms with Crippen LogP contribution in [0.15, 0.2) is 52.1 Å². The lowest BCUT2D eigenvalue weighted by atomic mass is 10.1. The molecule has 0 saturated heterocycles. The molecule has 0 aliphatic heterocycles. The zero-order valence-electron chi connectivity index (χ0n) is 10.4. The van der Waals surface area contributed by atoms with Crippen molar-refractivity contribution in [2.45, 2.75) is 0 Å². The first kappa shape index (κ1) is 14.7. The van der Waals surface area contributed by atoms with Crippen molar-refractivity contribution < 1.29 is 4.79 Å². The van der Waals surface area contributed by atoms with Crippen LogP contribution in [0.4, 0.5) is 5.69 Å². The van der Waals surface area contributed by atoms with Gasteiger partial charge in [0.25, 0.3) is 0 Å². The van der Waals surface area contributed by atoms with Gasteiger partial charge in [0.05, 0.1) is 17.1 Å². The number of nitrogens with two attached hydrogens (primary N) is 1. The van der Waals surface area contributed by atoms with Crippen molar-refractivity contribution in [2.75, 3.05) is 5.88 Å².